The highest BCUT2D eigenvalue weighted by atomic mass is 19.1. The predicted octanol–water partition coefficient (Wildman–Crippen LogP) is 1.88. The fraction of sp³-hybridized carbons (Fsp3) is 0.423. The molecular weight excluding hydrogens is 465 g/mol. The van der Waals surface area contributed by atoms with Crippen LogP contribution in [0.15, 0.2) is 18.2 Å². The average molecular weight is 496 g/mol. The molecule has 3 amide bonds. The molecule has 1 aromatic heterocycles. The Bertz CT molecular complexity index is 1240. The van der Waals surface area contributed by atoms with E-state index in [0.29, 0.717) is 79.7 Å². The number of morpholine rings is 1. The third kappa shape index (κ3) is 4.66. The highest BCUT2D eigenvalue weighted by molar-refractivity contribution is 6.34. The molecule has 1 aromatic carbocycles. The second-order valence-corrected chi connectivity index (χ2v) is 9.43. The lowest BCUT2D eigenvalue weighted by molar-refractivity contribution is -0.134. The fourth-order valence-corrected chi connectivity index (χ4v) is 5.05. The summed E-state index contributed by atoms with van der Waals surface area (Å²) in [4.78, 5) is 47.5. The van der Waals surface area contributed by atoms with Crippen molar-refractivity contribution in [2.75, 3.05) is 64.3 Å². The molecule has 0 atom stereocenters. The van der Waals surface area contributed by atoms with E-state index in [1.165, 1.54) is 18.2 Å². The summed E-state index contributed by atoms with van der Waals surface area (Å²) in [5.41, 5.74) is 4.04. The summed E-state index contributed by atoms with van der Waals surface area (Å²) < 4.78 is 19.1. The minimum absolute atomic E-state index is 0.0819. The maximum absolute atomic E-state index is 13.8. The number of aryl methyl sites for hydroxylation is 1. The van der Waals surface area contributed by atoms with Crippen LogP contribution in [0, 0.1) is 19.7 Å². The van der Waals surface area contributed by atoms with Gasteiger partial charge in [-0.3, -0.25) is 19.3 Å². The zero-order valence-corrected chi connectivity index (χ0v) is 20.5. The molecule has 10 heteroatoms. The topological polar surface area (TPSA) is 98.0 Å². The molecule has 2 saturated heterocycles. The van der Waals surface area contributed by atoms with Crippen molar-refractivity contribution < 1.29 is 23.5 Å². The first-order chi connectivity index (χ1) is 17.3. The highest BCUT2D eigenvalue weighted by Crippen LogP contribution is 2.34. The van der Waals surface area contributed by atoms with Gasteiger partial charge in [-0.15, -0.1) is 0 Å². The van der Waals surface area contributed by atoms with Crippen LogP contribution in [0.2, 0.25) is 0 Å². The molecule has 3 aliphatic rings. The van der Waals surface area contributed by atoms with Crippen LogP contribution in [-0.4, -0.2) is 96.4 Å². The van der Waals surface area contributed by atoms with Gasteiger partial charge in [0.1, 0.15) is 5.82 Å². The quantitative estimate of drug-likeness (QED) is 0.632. The molecule has 0 aliphatic carbocycles. The number of amides is 3. The van der Waals surface area contributed by atoms with Crippen LogP contribution in [0.1, 0.15) is 32.9 Å². The highest BCUT2D eigenvalue weighted by Gasteiger charge is 2.30. The molecule has 0 bridgehead atoms. The normalized spacial score (nSPS) is 19.5. The minimum Gasteiger partial charge on any atom is -0.379 e. The zero-order valence-electron chi connectivity index (χ0n) is 20.5. The number of aromatic amines is 1. The van der Waals surface area contributed by atoms with Crippen LogP contribution in [0.5, 0.6) is 0 Å². The number of hydrogen-bond acceptors (Lipinski definition) is 5. The first-order valence-corrected chi connectivity index (χ1v) is 12.2. The van der Waals surface area contributed by atoms with Gasteiger partial charge in [-0.05, 0) is 43.7 Å². The van der Waals surface area contributed by atoms with Gasteiger partial charge in [0.25, 0.3) is 11.8 Å². The third-order valence-electron chi connectivity index (χ3n) is 7.13. The van der Waals surface area contributed by atoms with E-state index in [1.54, 1.807) is 11.0 Å². The number of piperazine rings is 1. The number of carbonyl (C=O) groups excluding carboxylic acids is 3. The molecule has 0 spiro atoms. The molecule has 3 aliphatic heterocycles. The molecular formula is C26H30FN5O4. The Kier molecular flexibility index (Phi) is 6.63. The monoisotopic (exact) mass is 495 g/mol. The Morgan fingerprint density at radius 1 is 1.06 bits per heavy atom. The van der Waals surface area contributed by atoms with Gasteiger partial charge in [-0.1, -0.05) is 0 Å². The summed E-state index contributed by atoms with van der Waals surface area (Å²) in [6, 6.07) is 4.17. The number of benzene rings is 1. The second-order valence-electron chi connectivity index (χ2n) is 9.43. The van der Waals surface area contributed by atoms with Gasteiger partial charge in [0.15, 0.2) is 0 Å². The van der Waals surface area contributed by atoms with E-state index >= 15 is 0 Å². The Morgan fingerprint density at radius 2 is 1.75 bits per heavy atom. The Hall–Kier alpha value is -3.50. The van der Waals surface area contributed by atoms with E-state index in [0.717, 1.165) is 18.7 Å². The summed E-state index contributed by atoms with van der Waals surface area (Å²) in [5, 5.41) is 2.74. The van der Waals surface area contributed by atoms with E-state index in [4.69, 9.17) is 4.74 Å². The van der Waals surface area contributed by atoms with E-state index in [2.05, 4.69) is 15.2 Å². The van der Waals surface area contributed by atoms with E-state index in [9.17, 15) is 18.8 Å². The maximum atomic E-state index is 13.8. The lowest BCUT2D eigenvalue weighted by Crippen LogP contribution is -2.53. The van der Waals surface area contributed by atoms with Crippen LogP contribution in [-0.2, 0) is 14.3 Å². The first-order valence-electron chi connectivity index (χ1n) is 12.2. The number of nitrogens with zero attached hydrogens (tertiary/aromatic N) is 3. The molecule has 2 fully saturated rings. The molecule has 190 valence electrons. The standard InChI is InChI=1S/C26H30FN5O4/c1-16-22(14-20-19-13-18(27)3-4-21(19)29-25(20)34)28-17(2)24(16)26(35)32-7-5-31(6-8-32)23(33)15-30-9-11-36-12-10-30/h3-4,13-14,28H,5-12,15H2,1-2H3,(H,29,34). The number of carbonyl (C=O) groups is 3. The van der Waals surface area contributed by atoms with Crippen molar-refractivity contribution in [3.8, 4) is 0 Å². The molecule has 0 unspecified atom stereocenters. The molecule has 9 nitrogen and oxygen atoms in total. The predicted molar refractivity (Wildman–Crippen MR) is 133 cm³/mol. The van der Waals surface area contributed by atoms with Crippen LogP contribution >= 0.6 is 0 Å². The largest absolute Gasteiger partial charge is 0.379 e. The van der Waals surface area contributed by atoms with Crippen LogP contribution in [0.25, 0.3) is 11.6 Å². The van der Waals surface area contributed by atoms with Crippen LogP contribution in [0.4, 0.5) is 10.1 Å². The first kappa shape index (κ1) is 24.2. The van der Waals surface area contributed by atoms with Gasteiger partial charge < -0.3 is 24.8 Å². The van der Waals surface area contributed by atoms with Gasteiger partial charge in [-0.2, -0.15) is 0 Å². The number of hydrogen-bond donors (Lipinski definition) is 2. The summed E-state index contributed by atoms with van der Waals surface area (Å²) >= 11 is 0. The van der Waals surface area contributed by atoms with Gasteiger partial charge in [0.2, 0.25) is 5.91 Å². The minimum atomic E-state index is -0.422. The van der Waals surface area contributed by atoms with Gasteiger partial charge in [0.05, 0.1) is 30.9 Å². The fourth-order valence-electron chi connectivity index (χ4n) is 5.05. The Labute approximate surface area is 208 Å². The van der Waals surface area contributed by atoms with E-state index < -0.39 is 5.82 Å². The number of rotatable bonds is 4. The lowest BCUT2D eigenvalue weighted by Gasteiger charge is -2.36. The number of H-pyrrole nitrogens is 1. The van der Waals surface area contributed by atoms with Crippen molar-refractivity contribution in [3.05, 3.63) is 52.1 Å². The Balaban J connectivity index is 1.28. The number of aromatic nitrogens is 1. The molecule has 4 heterocycles. The van der Waals surface area contributed by atoms with Crippen molar-refractivity contribution in [3.63, 3.8) is 0 Å². The lowest BCUT2D eigenvalue weighted by atomic mass is 10.0. The SMILES string of the molecule is Cc1[nH]c(C=C2C(=O)Nc3ccc(F)cc32)c(C)c1C(=O)N1CCN(C(=O)CN2CCOCC2)CC1. The van der Waals surface area contributed by atoms with Crippen molar-refractivity contribution in [1.29, 1.82) is 0 Å². The van der Waals surface area contributed by atoms with Crippen LogP contribution < -0.4 is 5.32 Å². The molecule has 36 heavy (non-hydrogen) atoms. The van der Waals surface area contributed by atoms with Gasteiger partial charge in [0, 0.05) is 61.9 Å². The number of ether oxygens (including phenoxy) is 1. The van der Waals surface area contributed by atoms with Crippen molar-refractivity contribution in [1.82, 2.24) is 19.7 Å². The number of fused-ring (bicyclic) bond motifs is 1. The smallest absolute Gasteiger partial charge is 0.256 e. The molecule has 2 N–H and O–H groups in total. The maximum Gasteiger partial charge on any atom is 0.256 e. The summed E-state index contributed by atoms with van der Waals surface area (Å²) in [6.45, 7) is 8.78. The third-order valence-corrected chi connectivity index (χ3v) is 7.13. The summed E-state index contributed by atoms with van der Waals surface area (Å²) in [5.74, 6) is -0.756. The number of anilines is 1. The molecule has 5 rings (SSSR count). The van der Waals surface area contributed by atoms with Crippen molar-refractivity contribution in [2.24, 2.45) is 0 Å². The van der Waals surface area contributed by atoms with Crippen molar-refractivity contribution in [2.45, 2.75) is 13.8 Å². The summed E-state index contributed by atoms with van der Waals surface area (Å²) in [6.07, 6.45) is 1.67. The van der Waals surface area contributed by atoms with Gasteiger partial charge >= 0.3 is 0 Å². The Morgan fingerprint density at radius 3 is 2.47 bits per heavy atom. The zero-order chi connectivity index (χ0) is 25.4. The second kappa shape index (κ2) is 9.87. The van der Waals surface area contributed by atoms with Gasteiger partial charge in [-0.25, -0.2) is 4.39 Å². The molecule has 2 aromatic rings. The average Bonchev–Trinajstić information content (AvgIpc) is 3.33. The number of halogens is 1. The van der Waals surface area contributed by atoms with Crippen LogP contribution in [0.3, 0.4) is 0 Å². The summed E-state index contributed by atoms with van der Waals surface area (Å²) in [7, 11) is 0. The van der Waals surface area contributed by atoms with Crippen molar-refractivity contribution >= 4 is 35.1 Å². The molecule has 0 saturated carbocycles. The molecule has 0 radical (unpaired) electrons. The van der Waals surface area contributed by atoms with E-state index in [1.807, 2.05) is 18.7 Å². The number of nitrogens with one attached hydrogen (secondary N) is 2. The van der Waals surface area contributed by atoms with E-state index in [-0.39, 0.29) is 17.7 Å².